The lowest BCUT2D eigenvalue weighted by atomic mass is 10.2. The van der Waals surface area contributed by atoms with Crippen LogP contribution in [0, 0.1) is 11.6 Å². The third-order valence-corrected chi connectivity index (χ3v) is 6.38. The van der Waals surface area contributed by atoms with Crippen LogP contribution in [-0.4, -0.2) is 53.4 Å². The molecule has 0 aliphatic carbocycles. The Morgan fingerprint density at radius 1 is 1.07 bits per heavy atom. The van der Waals surface area contributed by atoms with Gasteiger partial charge in [-0.1, -0.05) is 6.07 Å². The van der Waals surface area contributed by atoms with E-state index < -0.39 is 11.6 Å². The zero-order chi connectivity index (χ0) is 20.2. The zero-order valence-corrected chi connectivity index (χ0v) is 17.2. The lowest BCUT2D eigenvalue weighted by Gasteiger charge is -2.33. The van der Waals surface area contributed by atoms with Gasteiger partial charge in [-0.2, -0.15) is 0 Å². The summed E-state index contributed by atoms with van der Waals surface area (Å²) in [5.74, 6) is -1.94. The first kappa shape index (κ1) is 20.1. The van der Waals surface area contributed by atoms with Crippen LogP contribution in [0.4, 0.5) is 13.9 Å². The Balaban J connectivity index is 1.26. The van der Waals surface area contributed by atoms with Gasteiger partial charge in [0.2, 0.25) is 5.91 Å². The Kier molecular flexibility index (Phi) is 6.29. The molecule has 0 atom stereocenters. The molecular weight excluding hydrogens is 414 g/mol. The third kappa shape index (κ3) is 5.24. The van der Waals surface area contributed by atoms with Crippen molar-refractivity contribution in [1.82, 2.24) is 14.8 Å². The molecule has 152 valence electrons. The van der Waals surface area contributed by atoms with Crippen LogP contribution in [0.3, 0.4) is 0 Å². The zero-order valence-electron chi connectivity index (χ0n) is 15.6. The molecule has 1 aliphatic rings. The summed E-state index contributed by atoms with van der Waals surface area (Å²) < 4.78 is 26.5. The van der Waals surface area contributed by atoms with E-state index in [1.54, 1.807) is 16.7 Å². The van der Waals surface area contributed by atoms with Crippen molar-refractivity contribution in [2.24, 2.45) is 0 Å². The number of rotatable bonds is 6. The summed E-state index contributed by atoms with van der Waals surface area (Å²) in [4.78, 5) is 22.6. The smallest absolute Gasteiger partial charge is 0.240 e. The molecule has 0 unspecified atom stereocenters. The predicted octanol–water partition coefficient (Wildman–Crippen LogP) is 3.91. The molecule has 1 aliphatic heterocycles. The van der Waals surface area contributed by atoms with E-state index in [2.05, 4.69) is 37.6 Å². The monoisotopic (exact) mass is 434 g/mol. The molecule has 1 aromatic carbocycles. The minimum atomic E-state index is -0.917. The highest BCUT2D eigenvalue weighted by molar-refractivity contribution is 7.14. The highest BCUT2D eigenvalue weighted by Crippen LogP contribution is 2.26. The molecule has 1 fully saturated rings. The lowest BCUT2D eigenvalue weighted by Crippen LogP contribution is -2.48. The van der Waals surface area contributed by atoms with Crippen LogP contribution >= 0.6 is 22.7 Å². The van der Waals surface area contributed by atoms with Crippen molar-refractivity contribution in [2.45, 2.75) is 6.54 Å². The third-order valence-electron chi connectivity index (χ3n) is 4.76. The summed E-state index contributed by atoms with van der Waals surface area (Å²) in [6.45, 7) is 4.83. The number of piperazine rings is 1. The number of nitrogens with zero attached hydrogens (tertiary/aromatic N) is 3. The molecule has 1 saturated heterocycles. The van der Waals surface area contributed by atoms with Crippen LogP contribution in [0.1, 0.15) is 4.88 Å². The van der Waals surface area contributed by atoms with E-state index in [9.17, 15) is 13.6 Å². The molecule has 1 amide bonds. The van der Waals surface area contributed by atoms with E-state index in [0.29, 0.717) is 22.9 Å². The number of halogens is 2. The number of thiazole rings is 1. The quantitative estimate of drug-likeness (QED) is 0.639. The number of hydrogen-bond donors (Lipinski definition) is 1. The van der Waals surface area contributed by atoms with Crippen LogP contribution in [-0.2, 0) is 11.3 Å². The number of nitrogens with one attached hydrogen (secondary N) is 1. The molecular formula is C20H20F2N4OS2. The lowest BCUT2D eigenvalue weighted by molar-refractivity contribution is -0.117. The summed E-state index contributed by atoms with van der Waals surface area (Å²) in [6.07, 6.45) is 0. The van der Waals surface area contributed by atoms with E-state index in [1.165, 1.54) is 22.3 Å². The van der Waals surface area contributed by atoms with E-state index >= 15 is 0 Å². The number of carbonyl (C=O) groups is 1. The number of amides is 1. The molecule has 1 N–H and O–H groups in total. The number of anilines is 1. The van der Waals surface area contributed by atoms with Gasteiger partial charge in [0.15, 0.2) is 16.8 Å². The maximum atomic E-state index is 13.4. The molecule has 9 heteroatoms. The van der Waals surface area contributed by atoms with Gasteiger partial charge in [0, 0.05) is 48.5 Å². The molecule has 29 heavy (non-hydrogen) atoms. The van der Waals surface area contributed by atoms with Crippen LogP contribution in [0.5, 0.6) is 0 Å². The summed E-state index contributed by atoms with van der Waals surface area (Å²) in [5.41, 5.74) is 0.980. The van der Waals surface area contributed by atoms with Gasteiger partial charge in [-0.3, -0.25) is 14.6 Å². The van der Waals surface area contributed by atoms with Crippen molar-refractivity contribution in [3.8, 4) is 11.3 Å². The number of hydrogen-bond acceptors (Lipinski definition) is 6. The van der Waals surface area contributed by atoms with Gasteiger partial charge in [0.05, 0.1) is 12.2 Å². The molecule has 3 aromatic rings. The standard InChI is InChI=1S/C20H20F2N4OS2/c21-16-4-3-14(10-17(16)22)18-13-29-20(23-18)24-19(27)12-26-7-5-25(6-8-26)11-15-2-1-9-28-15/h1-4,9-10,13H,5-8,11-12H2,(H,23,24,27). The fourth-order valence-corrected chi connectivity index (χ4v) is 4.69. The average Bonchev–Trinajstić information content (AvgIpc) is 3.38. The minimum absolute atomic E-state index is 0.122. The van der Waals surface area contributed by atoms with Crippen LogP contribution < -0.4 is 5.32 Å². The second kappa shape index (κ2) is 9.08. The Bertz CT molecular complexity index is 969. The topological polar surface area (TPSA) is 48.5 Å². The summed E-state index contributed by atoms with van der Waals surface area (Å²) in [5, 5.41) is 7.05. The van der Waals surface area contributed by atoms with Gasteiger partial charge in [0.1, 0.15) is 0 Å². The first-order valence-electron chi connectivity index (χ1n) is 9.25. The SMILES string of the molecule is O=C(CN1CCN(Cc2cccs2)CC1)Nc1nc(-c2ccc(F)c(F)c2)cs1. The normalized spacial score (nSPS) is 15.5. The molecule has 3 heterocycles. The van der Waals surface area contributed by atoms with Crippen molar-refractivity contribution in [3.05, 3.63) is 57.6 Å². The Hall–Kier alpha value is -2.20. The van der Waals surface area contributed by atoms with Gasteiger partial charge in [-0.05, 0) is 29.6 Å². The summed E-state index contributed by atoms with van der Waals surface area (Å²) in [6, 6.07) is 7.85. The predicted molar refractivity (Wildman–Crippen MR) is 112 cm³/mol. The van der Waals surface area contributed by atoms with Gasteiger partial charge in [0.25, 0.3) is 0 Å². The minimum Gasteiger partial charge on any atom is -0.301 e. The van der Waals surface area contributed by atoms with Gasteiger partial charge in [-0.15, -0.1) is 22.7 Å². The maximum absolute atomic E-state index is 13.4. The molecule has 2 aromatic heterocycles. The van der Waals surface area contributed by atoms with Crippen LogP contribution in [0.2, 0.25) is 0 Å². The first-order chi connectivity index (χ1) is 14.1. The first-order valence-corrected chi connectivity index (χ1v) is 11.0. The Morgan fingerprint density at radius 2 is 1.86 bits per heavy atom. The number of thiophene rings is 1. The summed E-state index contributed by atoms with van der Waals surface area (Å²) in [7, 11) is 0. The van der Waals surface area contributed by atoms with Gasteiger partial charge >= 0.3 is 0 Å². The second-order valence-corrected chi connectivity index (χ2v) is 8.74. The molecule has 0 spiro atoms. The number of aromatic nitrogens is 1. The maximum Gasteiger partial charge on any atom is 0.240 e. The van der Waals surface area contributed by atoms with E-state index in [0.717, 1.165) is 44.9 Å². The molecule has 0 bridgehead atoms. The summed E-state index contributed by atoms with van der Waals surface area (Å²) >= 11 is 3.03. The van der Waals surface area contributed by atoms with Gasteiger partial charge in [-0.25, -0.2) is 13.8 Å². The highest BCUT2D eigenvalue weighted by atomic mass is 32.1. The molecule has 0 radical (unpaired) electrons. The molecule has 4 rings (SSSR count). The van der Waals surface area contributed by atoms with Crippen molar-refractivity contribution < 1.29 is 13.6 Å². The van der Waals surface area contributed by atoms with E-state index in [-0.39, 0.29) is 5.91 Å². The van der Waals surface area contributed by atoms with Crippen LogP contribution in [0.15, 0.2) is 41.1 Å². The molecule has 5 nitrogen and oxygen atoms in total. The Labute approximate surface area is 175 Å². The van der Waals surface area contributed by atoms with Gasteiger partial charge < -0.3 is 5.32 Å². The van der Waals surface area contributed by atoms with Crippen molar-refractivity contribution in [2.75, 3.05) is 38.0 Å². The van der Waals surface area contributed by atoms with E-state index in [1.807, 2.05) is 0 Å². The van der Waals surface area contributed by atoms with Crippen molar-refractivity contribution >= 4 is 33.7 Å². The van der Waals surface area contributed by atoms with Crippen molar-refractivity contribution in [1.29, 1.82) is 0 Å². The van der Waals surface area contributed by atoms with E-state index in [4.69, 9.17) is 0 Å². The largest absolute Gasteiger partial charge is 0.301 e. The number of carbonyl (C=O) groups excluding carboxylic acids is 1. The Morgan fingerprint density at radius 3 is 2.59 bits per heavy atom. The van der Waals surface area contributed by atoms with Crippen LogP contribution in [0.25, 0.3) is 11.3 Å². The second-order valence-electron chi connectivity index (χ2n) is 6.85. The van der Waals surface area contributed by atoms with Crippen molar-refractivity contribution in [3.63, 3.8) is 0 Å². The fourth-order valence-electron chi connectivity index (χ4n) is 3.21. The average molecular weight is 435 g/mol. The highest BCUT2D eigenvalue weighted by Gasteiger charge is 2.20. The number of benzene rings is 1. The molecule has 0 saturated carbocycles. The fraction of sp³-hybridized carbons (Fsp3) is 0.300.